The second-order valence-electron chi connectivity index (χ2n) is 10.5. The van der Waals surface area contributed by atoms with E-state index >= 15 is 0 Å². The van der Waals surface area contributed by atoms with E-state index in [9.17, 15) is 9.90 Å². The molecule has 0 aliphatic carbocycles. The van der Waals surface area contributed by atoms with Gasteiger partial charge in [0, 0.05) is 59.2 Å². The Labute approximate surface area is 256 Å². The van der Waals surface area contributed by atoms with E-state index in [1.165, 1.54) is 53.7 Å². The summed E-state index contributed by atoms with van der Waals surface area (Å²) in [5, 5.41) is 17.2. The topological polar surface area (TPSA) is 50.2 Å². The van der Waals surface area contributed by atoms with Gasteiger partial charge in [-0.25, -0.2) is 0 Å². The molecule has 1 radical (unpaired) electrons. The average Bonchev–Trinajstić information content (AvgIpc) is 3.24. The van der Waals surface area contributed by atoms with Crippen LogP contribution < -0.4 is 0 Å². The van der Waals surface area contributed by atoms with Gasteiger partial charge in [0.1, 0.15) is 0 Å². The minimum Gasteiger partial charge on any atom is -0.512 e. The van der Waals surface area contributed by atoms with Crippen molar-refractivity contribution in [1.82, 2.24) is 4.98 Å². The predicted molar refractivity (Wildman–Crippen MR) is 169 cm³/mol. The monoisotopic (exact) mass is 731 g/mol. The first-order valence-electron chi connectivity index (χ1n) is 14.2. The number of thiophene rings is 1. The van der Waals surface area contributed by atoms with Crippen molar-refractivity contribution in [3.8, 4) is 0 Å². The summed E-state index contributed by atoms with van der Waals surface area (Å²) in [6.07, 6.45) is 6.94. The number of hydrogen-bond acceptors (Lipinski definition) is 4. The van der Waals surface area contributed by atoms with E-state index in [1.807, 2.05) is 45.2 Å². The van der Waals surface area contributed by atoms with Crippen LogP contribution in [0.1, 0.15) is 69.4 Å². The van der Waals surface area contributed by atoms with Crippen LogP contribution >= 0.6 is 11.3 Å². The fraction of sp³-hybridized carbons (Fsp3) is 0.371. The molecule has 0 aliphatic rings. The molecule has 0 amide bonds. The third-order valence-corrected chi connectivity index (χ3v) is 9.45. The van der Waals surface area contributed by atoms with Gasteiger partial charge in [0.2, 0.25) is 0 Å². The molecule has 0 bridgehead atoms. The van der Waals surface area contributed by atoms with Crippen LogP contribution in [0.2, 0.25) is 0 Å². The van der Waals surface area contributed by atoms with Gasteiger partial charge in [0.15, 0.2) is 5.78 Å². The van der Waals surface area contributed by atoms with Crippen LogP contribution in [0.4, 0.5) is 0 Å². The zero-order chi connectivity index (χ0) is 28.3. The summed E-state index contributed by atoms with van der Waals surface area (Å²) < 4.78 is 1.34. The van der Waals surface area contributed by atoms with E-state index in [4.69, 9.17) is 4.98 Å². The summed E-state index contributed by atoms with van der Waals surface area (Å²) in [4.78, 5) is 17.9. The van der Waals surface area contributed by atoms with E-state index in [2.05, 4.69) is 63.2 Å². The first-order valence-corrected chi connectivity index (χ1v) is 15.0. The van der Waals surface area contributed by atoms with Crippen LogP contribution in [0.25, 0.3) is 42.5 Å². The second kappa shape index (κ2) is 13.9. The van der Waals surface area contributed by atoms with Crippen molar-refractivity contribution in [2.24, 2.45) is 11.8 Å². The molecular formula is C35H40IrNO2S-. The van der Waals surface area contributed by atoms with E-state index in [-0.39, 0.29) is 43.5 Å². The molecule has 0 fully saturated rings. The summed E-state index contributed by atoms with van der Waals surface area (Å²) in [6.45, 7) is 14.6. The Balaban J connectivity index is 0.000000243. The Bertz CT molecular complexity index is 1680. The number of aliphatic hydroxyl groups is 1. The number of rotatable bonds is 7. The molecule has 2 aromatic heterocycles. The van der Waals surface area contributed by atoms with E-state index in [1.54, 1.807) is 0 Å². The number of aryl methyl sites for hydroxylation is 3. The maximum absolute atomic E-state index is 11.7. The molecule has 5 rings (SSSR count). The molecule has 213 valence electrons. The molecule has 0 saturated heterocycles. The van der Waals surface area contributed by atoms with Gasteiger partial charge in [-0.3, -0.25) is 4.79 Å². The first kappa shape index (κ1) is 31.9. The van der Waals surface area contributed by atoms with Crippen molar-refractivity contribution in [2.45, 2.75) is 74.1 Å². The number of hydrogen-bond donors (Lipinski definition) is 1. The Hall–Kier alpha value is -2.59. The van der Waals surface area contributed by atoms with Crippen molar-refractivity contribution < 1.29 is 30.0 Å². The quantitative estimate of drug-likeness (QED) is 0.0785. The van der Waals surface area contributed by atoms with Crippen molar-refractivity contribution >= 4 is 59.7 Å². The van der Waals surface area contributed by atoms with Gasteiger partial charge in [-0.2, -0.15) is 0 Å². The first-order chi connectivity index (χ1) is 18.7. The maximum Gasteiger partial charge on any atom is 0.162 e. The van der Waals surface area contributed by atoms with Gasteiger partial charge in [0.05, 0.1) is 5.76 Å². The summed E-state index contributed by atoms with van der Waals surface area (Å²) in [5.74, 6) is 0.547. The van der Waals surface area contributed by atoms with Crippen molar-refractivity contribution in [1.29, 1.82) is 0 Å². The molecule has 5 aromatic rings. The third-order valence-electron chi connectivity index (χ3n) is 8.19. The smallest absolute Gasteiger partial charge is 0.162 e. The van der Waals surface area contributed by atoms with Gasteiger partial charge >= 0.3 is 0 Å². The van der Waals surface area contributed by atoms with Gasteiger partial charge in [-0.15, -0.1) is 28.4 Å². The number of fused-ring (bicyclic) bond motifs is 7. The molecule has 2 heterocycles. The molecule has 3 aromatic carbocycles. The van der Waals surface area contributed by atoms with Crippen molar-refractivity contribution in [3.05, 3.63) is 76.5 Å². The Morgan fingerprint density at radius 2 is 1.48 bits per heavy atom. The van der Waals surface area contributed by atoms with Crippen molar-refractivity contribution in [3.63, 3.8) is 0 Å². The van der Waals surface area contributed by atoms with Crippen molar-refractivity contribution in [2.75, 3.05) is 0 Å². The van der Waals surface area contributed by atoms with Crippen LogP contribution in [0.3, 0.4) is 0 Å². The summed E-state index contributed by atoms with van der Waals surface area (Å²) in [5.41, 5.74) is 3.60. The van der Waals surface area contributed by atoms with Crippen LogP contribution in [-0.2, 0) is 24.9 Å². The van der Waals surface area contributed by atoms with Gasteiger partial charge in [-0.05, 0) is 56.0 Å². The van der Waals surface area contributed by atoms with Crippen LogP contribution in [0, 0.1) is 38.7 Å². The molecule has 3 nitrogen and oxygen atoms in total. The van der Waals surface area contributed by atoms with Crippen LogP contribution in [0.5, 0.6) is 0 Å². The Morgan fingerprint density at radius 3 is 2.10 bits per heavy atom. The number of allylic oxidation sites excluding steroid dienone is 2. The largest absolute Gasteiger partial charge is 0.512 e. The number of aliphatic hydroxyl groups excluding tert-OH is 1. The molecule has 5 heteroatoms. The molecule has 1 N–H and O–H groups in total. The van der Waals surface area contributed by atoms with Crippen LogP contribution in [-0.4, -0.2) is 15.9 Å². The average molecular weight is 731 g/mol. The molecular weight excluding hydrogens is 691 g/mol. The number of carbonyl (C=O) groups excluding carboxylic acids is 1. The van der Waals surface area contributed by atoms with E-state index < -0.39 is 0 Å². The Morgan fingerprint density at radius 1 is 0.875 bits per heavy atom. The van der Waals surface area contributed by atoms with E-state index in [0.717, 1.165) is 36.6 Å². The number of aromatic nitrogens is 1. The molecule has 40 heavy (non-hydrogen) atoms. The van der Waals surface area contributed by atoms with Gasteiger partial charge < -0.3 is 10.1 Å². The predicted octanol–water partition coefficient (Wildman–Crippen LogP) is 10.3. The molecule has 0 spiro atoms. The van der Waals surface area contributed by atoms with Gasteiger partial charge in [-0.1, -0.05) is 87.2 Å². The maximum atomic E-state index is 11.7. The minimum absolute atomic E-state index is 0. The summed E-state index contributed by atoms with van der Waals surface area (Å²) in [7, 11) is 0. The second-order valence-corrected chi connectivity index (χ2v) is 11.7. The summed E-state index contributed by atoms with van der Waals surface area (Å²) in [6, 6.07) is 16.6. The number of nitrogens with zero attached hydrogens (tertiary/aromatic N) is 1. The molecule has 0 saturated carbocycles. The Kier molecular flexibility index (Phi) is 11.1. The minimum atomic E-state index is 0. The normalized spacial score (nSPS) is 11.9. The fourth-order valence-corrected chi connectivity index (χ4v) is 6.63. The molecule has 0 aliphatic heterocycles. The number of pyridine rings is 1. The SMILES string of the molecule is CCC(CC)C(=O)/C=C(\O)C(CC)CC.Cc1sc2c(cnc3c4[c-]c(C)c5ccccc5c4ccc32)c1C.[Ir]. The molecule has 0 unspecified atom stereocenters. The number of carbonyl (C=O) groups is 1. The zero-order valence-corrected chi connectivity index (χ0v) is 27.9. The fourth-order valence-electron chi connectivity index (χ4n) is 5.47. The zero-order valence-electron chi connectivity index (χ0n) is 24.6. The summed E-state index contributed by atoms with van der Waals surface area (Å²) >= 11 is 1.87. The number of ketones is 1. The third kappa shape index (κ3) is 6.17. The van der Waals surface area contributed by atoms with E-state index in [0.29, 0.717) is 0 Å². The van der Waals surface area contributed by atoms with Crippen LogP contribution in [0.15, 0.2) is 54.4 Å². The molecule has 0 atom stereocenters. The van der Waals surface area contributed by atoms with Gasteiger partial charge in [0.25, 0.3) is 0 Å². The standard InChI is InChI=1S/C22H16NS.C13H24O2.Ir/c1-12-10-19-17(16-7-5-4-6-15(12)16)8-9-18-21(19)23-11-20-13(2)14(3)24-22(18)20;1-5-10(6-2)12(14)9-13(15)11(7-3)8-4;/h4-9,11H,1-3H3;9-11,14H,5-8H2,1-4H3;/q-1;;/b;12-9-;. The number of benzene rings is 3.